The Labute approximate surface area is 173 Å². The number of ether oxygens (including phenoxy) is 2. The third-order valence-electron chi connectivity index (χ3n) is 4.77. The molecule has 2 aromatic carbocycles. The minimum Gasteiger partial charge on any atom is -0.493 e. The van der Waals surface area contributed by atoms with E-state index in [2.05, 4.69) is 47.6 Å². The van der Waals surface area contributed by atoms with Gasteiger partial charge in [0.1, 0.15) is 5.01 Å². The molecule has 7 heteroatoms. The maximum Gasteiger partial charge on any atom is 0.233 e. The van der Waals surface area contributed by atoms with Crippen LogP contribution in [-0.4, -0.2) is 29.3 Å². The summed E-state index contributed by atoms with van der Waals surface area (Å²) in [6.07, 6.45) is 0.496. The molecule has 6 nitrogen and oxygen atoms in total. The number of rotatable bonds is 6. The smallest absolute Gasteiger partial charge is 0.233 e. The molecular formula is C22H21N3O3S. The van der Waals surface area contributed by atoms with E-state index < -0.39 is 0 Å². The number of benzene rings is 2. The largest absolute Gasteiger partial charge is 0.493 e. The zero-order valence-corrected chi connectivity index (χ0v) is 17.5. The first-order valence-electron chi connectivity index (χ1n) is 9.14. The van der Waals surface area contributed by atoms with Crippen LogP contribution in [0.3, 0.4) is 0 Å². The topological polar surface area (TPSA) is 70.3 Å². The molecule has 2 heterocycles. The van der Waals surface area contributed by atoms with Crippen LogP contribution in [-0.2, 0) is 6.42 Å². The first-order valence-corrected chi connectivity index (χ1v) is 10.0. The molecule has 0 atom stereocenters. The van der Waals surface area contributed by atoms with Crippen LogP contribution in [0.25, 0.3) is 22.6 Å². The van der Waals surface area contributed by atoms with Crippen molar-refractivity contribution in [1.82, 2.24) is 15.1 Å². The van der Waals surface area contributed by atoms with Gasteiger partial charge in [-0.25, -0.2) is 4.98 Å². The molecule has 0 aliphatic heterocycles. The van der Waals surface area contributed by atoms with Crippen LogP contribution in [0, 0.1) is 13.8 Å². The van der Waals surface area contributed by atoms with Gasteiger partial charge in [0.2, 0.25) is 11.7 Å². The number of thiazole rings is 1. The monoisotopic (exact) mass is 407 g/mol. The summed E-state index contributed by atoms with van der Waals surface area (Å²) in [5, 5.41) is 7.09. The molecule has 0 unspecified atom stereocenters. The highest BCUT2D eigenvalue weighted by Crippen LogP contribution is 2.31. The number of aromatic nitrogens is 3. The summed E-state index contributed by atoms with van der Waals surface area (Å²) in [6, 6.07) is 11.9. The molecule has 0 aliphatic carbocycles. The molecule has 0 radical (unpaired) electrons. The molecule has 0 saturated heterocycles. The first-order chi connectivity index (χ1) is 14.1. The summed E-state index contributed by atoms with van der Waals surface area (Å²) < 4.78 is 16.0. The predicted molar refractivity (Wildman–Crippen MR) is 113 cm³/mol. The van der Waals surface area contributed by atoms with Crippen molar-refractivity contribution >= 4 is 11.3 Å². The molecule has 0 bridgehead atoms. The molecule has 0 amide bonds. The van der Waals surface area contributed by atoms with Gasteiger partial charge in [-0.05, 0) is 49.2 Å². The number of methoxy groups -OCH3 is 2. The Morgan fingerprint density at radius 2 is 1.69 bits per heavy atom. The lowest BCUT2D eigenvalue weighted by atomic mass is 10.1. The van der Waals surface area contributed by atoms with Gasteiger partial charge in [-0.1, -0.05) is 17.3 Å². The van der Waals surface area contributed by atoms with E-state index in [0.717, 1.165) is 21.8 Å². The minimum atomic E-state index is 0.496. The average Bonchev–Trinajstić information content (AvgIpc) is 3.39. The Bertz CT molecular complexity index is 1150. The van der Waals surface area contributed by atoms with E-state index in [-0.39, 0.29) is 0 Å². The van der Waals surface area contributed by atoms with Gasteiger partial charge in [0.25, 0.3) is 0 Å². The van der Waals surface area contributed by atoms with Crippen molar-refractivity contribution in [3.05, 3.63) is 63.8 Å². The maximum absolute atomic E-state index is 5.44. The van der Waals surface area contributed by atoms with Crippen LogP contribution in [0.2, 0.25) is 0 Å². The lowest BCUT2D eigenvalue weighted by molar-refractivity contribution is 0.355. The number of nitrogens with zero attached hydrogens (tertiary/aromatic N) is 3. The van der Waals surface area contributed by atoms with E-state index in [4.69, 9.17) is 19.0 Å². The van der Waals surface area contributed by atoms with Crippen molar-refractivity contribution in [3.63, 3.8) is 0 Å². The van der Waals surface area contributed by atoms with Crippen LogP contribution in [0.1, 0.15) is 22.0 Å². The van der Waals surface area contributed by atoms with Crippen molar-refractivity contribution < 1.29 is 14.0 Å². The molecule has 4 aromatic rings. The van der Waals surface area contributed by atoms with Gasteiger partial charge in [-0.15, -0.1) is 11.3 Å². The molecule has 0 aliphatic rings. The summed E-state index contributed by atoms with van der Waals surface area (Å²) in [4.78, 5) is 9.24. The summed E-state index contributed by atoms with van der Waals surface area (Å²) in [6.45, 7) is 4.22. The number of hydrogen-bond donors (Lipinski definition) is 0. The third-order valence-corrected chi connectivity index (χ3v) is 5.62. The molecule has 0 spiro atoms. The Morgan fingerprint density at radius 3 is 2.45 bits per heavy atom. The normalized spacial score (nSPS) is 10.9. The fourth-order valence-electron chi connectivity index (χ4n) is 2.97. The predicted octanol–water partition coefficient (Wildman–Crippen LogP) is 5.08. The van der Waals surface area contributed by atoms with Gasteiger partial charge in [-0.2, -0.15) is 4.98 Å². The Balaban J connectivity index is 1.53. The van der Waals surface area contributed by atoms with E-state index in [1.165, 1.54) is 11.1 Å². The van der Waals surface area contributed by atoms with Gasteiger partial charge in [0.05, 0.1) is 26.3 Å². The van der Waals surface area contributed by atoms with Gasteiger partial charge in [0.15, 0.2) is 11.5 Å². The molecule has 148 valence electrons. The highest BCUT2D eigenvalue weighted by atomic mass is 32.1. The van der Waals surface area contributed by atoms with Crippen LogP contribution >= 0.6 is 11.3 Å². The quantitative estimate of drug-likeness (QED) is 0.444. The van der Waals surface area contributed by atoms with Crippen molar-refractivity contribution in [2.24, 2.45) is 0 Å². The van der Waals surface area contributed by atoms with Crippen molar-refractivity contribution in [3.8, 4) is 34.1 Å². The second kappa shape index (κ2) is 8.05. The summed E-state index contributed by atoms with van der Waals surface area (Å²) in [5.74, 6) is 2.30. The molecule has 0 fully saturated rings. The van der Waals surface area contributed by atoms with E-state index in [1.807, 2.05) is 18.2 Å². The summed E-state index contributed by atoms with van der Waals surface area (Å²) in [7, 11) is 3.20. The van der Waals surface area contributed by atoms with Crippen LogP contribution in [0.4, 0.5) is 0 Å². The van der Waals surface area contributed by atoms with Crippen molar-refractivity contribution in [2.75, 3.05) is 14.2 Å². The molecule has 2 aromatic heterocycles. The standard InChI is InChI=1S/C22H21N3O3S/c1-13-5-6-15(9-14(13)2)17-12-29-21(23-17)11-20-24-22(25-28-20)16-7-8-18(26-3)19(10-16)27-4/h5-10,12H,11H2,1-4H3. The molecular weight excluding hydrogens is 386 g/mol. The fourth-order valence-corrected chi connectivity index (χ4v) is 3.77. The molecule has 0 N–H and O–H groups in total. The zero-order valence-electron chi connectivity index (χ0n) is 16.7. The Morgan fingerprint density at radius 1 is 0.897 bits per heavy atom. The van der Waals surface area contributed by atoms with E-state index >= 15 is 0 Å². The van der Waals surface area contributed by atoms with Gasteiger partial charge < -0.3 is 14.0 Å². The second-order valence-electron chi connectivity index (χ2n) is 6.68. The number of aryl methyl sites for hydroxylation is 2. The van der Waals surface area contributed by atoms with Crippen LogP contribution in [0.5, 0.6) is 11.5 Å². The van der Waals surface area contributed by atoms with Gasteiger partial charge in [-0.3, -0.25) is 0 Å². The SMILES string of the molecule is COc1ccc(-c2noc(Cc3nc(-c4ccc(C)c(C)c4)cs3)n2)cc1OC. The summed E-state index contributed by atoms with van der Waals surface area (Å²) >= 11 is 1.59. The van der Waals surface area contributed by atoms with Crippen molar-refractivity contribution in [2.45, 2.75) is 20.3 Å². The molecule has 29 heavy (non-hydrogen) atoms. The average molecular weight is 407 g/mol. The molecule has 4 rings (SSSR count). The highest BCUT2D eigenvalue weighted by molar-refractivity contribution is 7.10. The minimum absolute atomic E-state index is 0.496. The maximum atomic E-state index is 5.44. The van der Waals surface area contributed by atoms with Crippen LogP contribution < -0.4 is 9.47 Å². The van der Waals surface area contributed by atoms with E-state index in [9.17, 15) is 0 Å². The van der Waals surface area contributed by atoms with Gasteiger partial charge >= 0.3 is 0 Å². The summed E-state index contributed by atoms with van der Waals surface area (Å²) in [5.41, 5.74) is 5.42. The highest BCUT2D eigenvalue weighted by Gasteiger charge is 2.14. The van der Waals surface area contributed by atoms with E-state index in [0.29, 0.717) is 29.6 Å². The first kappa shape index (κ1) is 19.1. The molecule has 0 saturated carbocycles. The van der Waals surface area contributed by atoms with Crippen molar-refractivity contribution in [1.29, 1.82) is 0 Å². The lowest BCUT2D eigenvalue weighted by Gasteiger charge is -2.07. The fraction of sp³-hybridized carbons (Fsp3) is 0.227. The lowest BCUT2D eigenvalue weighted by Crippen LogP contribution is -1.92. The Kier molecular flexibility index (Phi) is 5.31. The van der Waals surface area contributed by atoms with E-state index in [1.54, 1.807) is 25.6 Å². The Hall–Kier alpha value is -3.19. The second-order valence-corrected chi connectivity index (χ2v) is 7.63. The third kappa shape index (κ3) is 4.00. The zero-order chi connectivity index (χ0) is 20.4. The number of hydrogen-bond acceptors (Lipinski definition) is 7. The van der Waals surface area contributed by atoms with Gasteiger partial charge in [0, 0.05) is 16.5 Å². The van der Waals surface area contributed by atoms with Crippen LogP contribution in [0.15, 0.2) is 46.3 Å².